The van der Waals surface area contributed by atoms with E-state index in [0.29, 0.717) is 6.61 Å². The molecule has 0 aromatic heterocycles. The zero-order chi connectivity index (χ0) is 9.84. The number of rotatable bonds is 3. The molecule has 4 heteroatoms. The Labute approximate surface area is 75.9 Å². The van der Waals surface area contributed by atoms with E-state index in [1.54, 1.807) is 19.2 Å². The second-order valence-corrected chi connectivity index (χ2v) is 2.66. The van der Waals surface area contributed by atoms with Crippen LogP contribution in [0.5, 0.6) is 0 Å². The van der Waals surface area contributed by atoms with E-state index in [0.717, 1.165) is 5.56 Å². The van der Waals surface area contributed by atoms with Gasteiger partial charge in [0, 0.05) is 12.8 Å². The molecule has 4 nitrogen and oxygen atoms in total. The van der Waals surface area contributed by atoms with Crippen molar-refractivity contribution in [2.24, 2.45) is 0 Å². The van der Waals surface area contributed by atoms with Crippen molar-refractivity contribution in [1.29, 1.82) is 0 Å². The molecule has 13 heavy (non-hydrogen) atoms. The van der Waals surface area contributed by atoms with Gasteiger partial charge >= 0.3 is 5.97 Å². The number of nitrogens with two attached hydrogens (primary N) is 1. The van der Waals surface area contributed by atoms with Crippen molar-refractivity contribution in [3.63, 3.8) is 0 Å². The number of ether oxygens (including phenoxy) is 1. The fourth-order valence-corrected chi connectivity index (χ4v) is 1.05. The zero-order valence-electron chi connectivity index (χ0n) is 7.28. The molecule has 0 aliphatic carbocycles. The lowest BCUT2D eigenvalue weighted by atomic mass is 10.1. The molecule has 0 spiro atoms. The molecule has 3 N–H and O–H groups in total. The van der Waals surface area contributed by atoms with Gasteiger partial charge in [-0.15, -0.1) is 0 Å². The van der Waals surface area contributed by atoms with E-state index < -0.39 is 5.97 Å². The van der Waals surface area contributed by atoms with Crippen LogP contribution in [0.15, 0.2) is 18.2 Å². The first kappa shape index (κ1) is 9.54. The quantitative estimate of drug-likeness (QED) is 0.685. The van der Waals surface area contributed by atoms with Crippen molar-refractivity contribution in [3.8, 4) is 0 Å². The van der Waals surface area contributed by atoms with Crippen molar-refractivity contribution in [2.45, 2.75) is 6.61 Å². The summed E-state index contributed by atoms with van der Waals surface area (Å²) in [6, 6.07) is 4.82. The molecule has 1 aromatic rings. The predicted molar refractivity (Wildman–Crippen MR) is 48.5 cm³/mol. The molecule has 0 radical (unpaired) electrons. The molecule has 0 aliphatic rings. The standard InChI is InChI=1S/C9H11NO3/c1-13-5-6-2-3-8(10)7(4-6)9(11)12/h2-4H,5,10H2,1H3,(H,11,12). The average molecular weight is 181 g/mol. The number of aromatic carboxylic acids is 1. The highest BCUT2D eigenvalue weighted by atomic mass is 16.5. The Hall–Kier alpha value is -1.55. The number of hydrogen-bond acceptors (Lipinski definition) is 3. The molecule has 0 fully saturated rings. The summed E-state index contributed by atoms with van der Waals surface area (Å²) in [6.07, 6.45) is 0. The molecule has 70 valence electrons. The molecule has 0 saturated heterocycles. The smallest absolute Gasteiger partial charge is 0.337 e. The summed E-state index contributed by atoms with van der Waals surface area (Å²) in [7, 11) is 1.55. The molecule has 1 rings (SSSR count). The van der Waals surface area contributed by atoms with Gasteiger partial charge in [0.15, 0.2) is 0 Å². The van der Waals surface area contributed by atoms with E-state index in [-0.39, 0.29) is 11.3 Å². The minimum Gasteiger partial charge on any atom is -0.478 e. The van der Waals surface area contributed by atoms with Gasteiger partial charge in [-0.25, -0.2) is 4.79 Å². The first-order valence-corrected chi connectivity index (χ1v) is 3.75. The summed E-state index contributed by atoms with van der Waals surface area (Å²) in [5.41, 5.74) is 6.66. The predicted octanol–water partition coefficient (Wildman–Crippen LogP) is 1.11. The van der Waals surface area contributed by atoms with E-state index in [1.165, 1.54) is 6.07 Å². The van der Waals surface area contributed by atoms with Crippen LogP contribution in [-0.2, 0) is 11.3 Å². The Morgan fingerprint density at radius 2 is 2.31 bits per heavy atom. The Kier molecular flexibility index (Phi) is 2.87. The second kappa shape index (κ2) is 3.91. The van der Waals surface area contributed by atoms with Gasteiger partial charge in [-0.3, -0.25) is 0 Å². The number of hydrogen-bond donors (Lipinski definition) is 2. The summed E-state index contributed by atoms with van der Waals surface area (Å²) in [5.74, 6) is -1.02. The second-order valence-electron chi connectivity index (χ2n) is 2.66. The first-order valence-electron chi connectivity index (χ1n) is 3.75. The number of anilines is 1. The SMILES string of the molecule is COCc1ccc(N)c(C(=O)O)c1. The normalized spacial score (nSPS) is 9.92. The van der Waals surface area contributed by atoms with Gasteiger partial charge in [0.25, 0.3) is 0 Å². The van der Waals surface area contributed by atoms with Gasteiger partial charge in [-0.2, -0.15) is 0 Å². The van der Waals surface area contributed by atoms with Gasteiger partial charge in [-0.05, 0) is 17.7 Å². The molecule has 0 atom stereocenters. The van der Waals surface area contributed by atoms with Crippen LogP contribution in [0.2, 0.25) is 0 Å². The Morgan fingerprint density at radius 3 is 2.85 bits per heavy atom. The third-order valence-electron chi connectivity index (χ3n) is 1.66. The maximum Gasteiger partial charge on any atom is 0.337 e. The van der Waals surface area contributed by atoms with Crippen molar-refractivity contribution in [1.82, 2.24) is 0 Å². The lowest BCUT2D eigenvalue weighted by Crippen LogP contribution is -2.03. The van der Waals surface area contributed by atoms with Crippen LogP contribution in [0, 0.1) is 0 Å². The largest absolute Gasteiger partial charge is 0.478 e. The molecular weight excluding hydrogens is 170 g/mol. The number of benzene rings is 1. The first-order chi connectivity index (χ1) is 6.15. The molecular formula is C9H11NO3. The third kappa shape index (κ3) is 2.19. The minimum atomic E-state index is -1.02. The Bertz CT molecular complexity index is 323. The van der Waals surface area contributed by atoms with Crippen LogP contribution in [-0.4, -0.2) is 18.2 Å². The van der Waals surface area contributed by atoms with Crippen LogP contribution < -0.4 is 5.73 Å². The molecule has 0 unspecified atom stereocenters. The van der Waals surface area contributed by atoms with Crippen LogP contribution in [0.3, 0.4) is 0 Å². The summed E-state index contributed by atoms with van der Waals surface area (Å²) in [4.78, 5) is 10.7. The van der Waals surface area contributed by atoms with Gasteiger partial charge in [0.05, 0.1) is 12.2 Å². The number of carboxylic acid groups (broad SMARTS) is 1. The van der Waals surface area contributed by atoms with E-state index in [4.69, 9.17) is 15.6 Å². The van der Waals surface area contributed by atoms with Gasteiger partial charge in [-0.1, -0.05) is 6.07 Å². The number of methoxy groups -OCH3 is 1. The Balaban J connectivity index is 3.04. The van der Waals surface area contributed by atoms with Gasteiger partial charge in [0.1, 0.15) is 0 Å². The van der Waals surface area contributed by atoms with Crippen LogP contribution in [0.1, 0.15) is 15.9 Å². The lowest BCUT2D eigenvalue weighted by Gasteiger charge is -2.03. The molecule has 0 aliphatic heterocycles. The van der Waals surface area contributed by atoms with E-state index in [1.807, 2.05) is 0 Å². The lowest BCUT2D eigenvalue weighted by molar-refractivity contribution is 0.0697. The van der Waals surface area contributed by atoms with Gasteiger partial charge < -0.3 is 15.6 Å². The number of nitrogen functional groups attached to an aromatic ring is 1. The summed E-state index contributed by atoms with van der Waals surface area (Å²) in [6.45, 7) is 0.389. The average Bonchev–Trinajstić information content (AvgIpc) is 2.08. The monoisotopic (exact) mass is 181 g/mol. The highest BCUT2D eigenvalue weighted by Gasteiger charge is 2.07. The van der Waals surface area contributed by atoms with E-state index in [9.17, 15) is 4.79 Å². The highest BCUT2D eigenvalue weighted by molar-refractivity contribution is 5.93. The molecule has 0 amide bonds. The summed E-state index contributed by atoms with van der Waals surface area (Å²) >= 11 is 0. The van der Waals surface area contributed by atoms with E-state index in [2.05, 4.69) is 0 Å². The third-order valence-corrected chi connectivity index (χ3v) is 1.66. The van der Waals surface area contributed by atoms with E-state index >= 15 is 0 Å². The van der Waals surface area contributed by atoms with Crippen molar-refractivity contribution in [3.05, 3.63) is 29.3 Å². The zero-order valence-corrected chi connectivity index (χ0v) is 7.28. The molecule has 0 saturated carbocycles. The molecule has 1 aromatic carbocycles. The van der Waals surface area contributed by atoms with Crippen molar-refractivity contribution >= 4 is 11.7 Å². The topological polar surface area (TPSA) is 72.5 Å². The summed E-state index contributed by atoms with van der Waals surface area (Å²) in [5, 5.41) is 8.74. The molecule has 0 bridgehead atoms. The fraction of sp³-hybridized carbons (Fsp3) is 0.222. The van der Waals surface area contributed by atoms with Gasteiger partial charge in [0.2, 0.25) is 0 Å². The van der Waals surface area contributed by atoms with Crippen molar-refractivity contribution in [2.75, 3.05) is 12.8 Å². The number of carboxylic acids is 1. The fourth-order valence-electron chi connectivity index (χ4n) is 1.05. The minimum absolute atomic E-state index is 0.120. The Morgan fingerprint density at radius 1 is 1.62 bits per heavy atom. The highest BCUT2D eigenvalue weighted by Crippen LogP contribution is 2.14. The van der Waals surface area contributed by atoms with Crippen LogP contribution in [0.4, 0.5) is 5.69 Å². The van der Waals surface area contributed by atoms with Crippen LogP contribution in [0.25, 0.3) is 0 Å². The van der Waals surface area contributed by atoms with Crippen LogP contribution >= 0.6 is 0 Å². The maximum absolute atomic E-state index is 10.7. The summed E-state index contributed by atoms with van der Waals surface area (Å²) < 4.78 is 4.87. The maximum atomic E-state index is 10.7. The molecule has 0 heterocycles. The number of carbonyl (C=O) groups is 1. The van der Waals surface area contributed by atoms with Crippen molar-refractivity contribution < 1.29 is 14.6 Å².